The van der Waals surface area contributed by atoms with Crippen LogP contribution < -0.4 is 5.32 Å². The van der Waals surface area contributed by atoms with Crippen molar-refractivity contribution in [3.63, 3.8) is 0 Å². The van der Waals surface area contributed by atoms with Crippen molar-refractivity contribution in [1.82, 2.24) is 15.2 Å². The molecule has 5 nitrogen and oxygen atoms in total. The molecule has 166 valence electrons. The summed E-state index contributed by atoms with van der Waals surface area (Å²) in [5, 5.41) is 11.5. The molecule has 1 aromatic carbocycles. The van der Waals surface area contributed by atoms with Gasteiger partial charge in [0.15, 0.2) is 4.34 Å². The molecule has 0 fully saturated rings. The Labute approximate surface area is 187 Å². The molecule has 0 unspecified atom stereocenters. The van der Waals surface area contributed by atoms with E-state index in [0.717, 1.165) is 29.3 Å². The minimum Gasteiger partial charge on any atom is -0.296 e. The van der Waals surface area contributed by atoms with Gasteiger partial charge in [-0.15, -0.1) is 21.5 Å². The van der Waals surface area contributed by atoms with Crippen molar-refractivity contribution in [2.75, 3.05) is 5.32 Å². The first-order valence-electron chi connectivity index (χ1n) is 8.46. The number of alkyl halides is 6. The summed E-state index contributed by atoms with van der Waals surface area (Å²) in [5.74, 6) is -0.416. The Morgan fingerprint density at radius 3 is 2.47 bits per heavy atom. The Kier molecular flexibility index (Phi) is 5.85. The fraction of sp³-hybridized carbons (Fsp3) is 0.111. The molecule has 0 aliphatic rings. The van der Waals surface area contributed by atoms with Crippen molar-refractivity contribution >= 4 is 56.4 Å². The van der Waals surface area contributed by atoms with E-state index in [0.29, 0.717) is 10.9 Å². The molecule has 4 aromatic rings. The zero-order chi connectivity index (χ0) is 23.1. The van der Waals surface area contributed by atoms with E-state index in [-0.39, 0.29) is 20.4 Å². The number of fused-ring (bicyclic) bond motifs is 1. The average Bonchev–Trinajstić information content (AvgIpc) is 3.38. The number of thiophene rings is 1. The number of carbonyl (C=O) groups is 1. The maximum absolute atomic E-state index is 13.6. The van der Waals surface area contributed by atoms with Gasteiger partial charge in [0.05, 0.1) is 21.5 Å². The van der Waals surface area contributed by atoms with E-state index in [9.17, 15) is 31.1 Å². The molecular formula is C18H8F6N4OS3. The molecule has 1 amide bonds. The predicted octanol–water partition coefficient (Wildman–Crippen LogP) is 6.59. The molecule has 0 saturated heterocycles. The molecule has 3 aromatic heterocycles. The molecule has 3 heterocycles. The van der Waals surface area contributed by atoms with Crippen molar-refractivity contribution in [2.45, 2.75) is 21.6 Å². The summed E-state index contributed by atoms with van der Waals surface area (Å²) < 4.78 is 80.3. The Morgan fingerprint density at radius 2 is 1.81 bits per heavy atom. The minimum absolute atomic E-state index is 0.00309. The fourth-order valence-electron chi connectivity index (χ4n) is 2.69. The van der Waals surface area contributed by atoms with Crippen LogP contribution in [0, 0.1) is 0 Å². The normalized spacial score (nSPS) is 12.3. The van der Waals surface area contributed by atoms with E-state index < -0.39 is 40.3 Å². The van der Waals surface area contributed by atoms with Gasteiger partial charge in [0.2, 0.25) is 5.13 Å². The Morgan fingerprint density at radius 1 is 1.03 bits per heavy atom. The number of aromatic nitrogens is 3. The molecule has 0 atom stereocenters. The Hall–Kier alpha value is -2.71. The van der Waals surface area contributed by atoms with Gasteiger partial charge in [0, 0.05) is 16.5 Å². The molecule has 1 N–H and O–H groups in total. The average molecular weight is 506 g/mol. The van der Waals surface area contributed by atoms with Crippen LogP contribution in [0.2, 0.25) is 0 Å². The van der Waals surface area contributed by atoms with Crippen LogP contribution in [0.3, 0.4) is 0 Å². The monoisotopic (exact) mass is 506 g/mol. The quantitative estimate of drug-likeness (QED) is 0.250. The van der Waals surface area contributed by atoms with E-state index in [4.69, 9.17) is 0 Å². The lowest BCUT2D eigenvalue weighted by Crippen LogP contribution is -2.12. The van der Waals surface area contributed by atoms with E-state index >= 15 is 0 Å². The highest BCUT2D eigenvalue weighted by molar-refractivity contribution is 8.01. The van der Waals surface area contributed by atoms with Crippen LogP contribution in [0.5, 0.6) is 0 Å². The van der Waals surface area contributed by atoms with Crippen LogP contribution in [0.15, 0.2) is 51.1 Å². The maximum atomic E-state index is 13.6. The summed E-state index contributed by atoms with van der Waals surface area (Å²) >= 11 is 2.91. The highest BCUT2D eigenvalue weighted by Crippen LogP contribution is 2.44. The van der Waals surface area contributed by atoms with Gasteiger partial charge in [-0.1, -0.05) is 29.2 Å². The highest BCUT2D eigenvalue weighted by Gasteiger charge is 2.39. The maximum Gasteiger partial charge on any atom is 0.417 e. The number of hydrogen-bond acceptors (Lipinski definition) is 7. The molecule has 0 saturated carbocycles. The van der Waals surface area contributed by atoms with Crippen molar-refractivity contribution < 1.29 is 31.1 Å². The molecule has 0 bridgehead atoms. The first-order valence-corrected chi connectivity index (χ1v) is 11.0. The second kappa shape index (κ2) is 8.33. The van der Waals surface area contributed by atoms with Crippen molar-refractivity contribution in [1.29, 1.82) is 0 Å². The number of anilines is 1. The predicted molar refractivity (Wildman–Crippen MR) is 108 cm³/mol. The van der Waals surface area contributed by atoms with Gasteiger partial charge >= 0.3 is 12.4 Å². The van der Waals surface area contributed by atoms with Gasteiger partial charge in [-0.2, -0.15) is 26.3 Å². The van der Waals surface area contributed by atoms with Crippen LogP contribution in [-0.2, 0) is 12.4 Å². The van der Waals surface area contributed by atoms with Gasteiger partial charge in [0.25, 0.3) is 5.91 Å². The molecule has 0 aliphatic carbocycles. The van der Waals surface area contributed by atoms with Crippen LogP contribution in [0.1, 0.15) is 20.8 Å². The van der Waals surface area contributed by atoms with Crippen LogP contribution >= 0.6 is 34.4 Å². The van der Waals surface area contributed by atoms with Crippen LogP contribution in [-0.4, -0.2) is 21.1 Å². The zero-order valence-electron chi connectivity index (χ0n) is 15.3. The number of halogens is 6. The Bertz CT molecular complexity index is 1280. The molecule has 0 aliphatic heterocycles. The minimum atomic E-state index is -5.04. The number of benzene rings is 1. The van der Waals surface area contributed by atoms with Crippen molar-refractivity contribution in [2.24, 2.45) is 0 Å². The first kappa shape index (κ1) is 22.5. The third-order valence-corrected chi connectivity index (χ3v) is 6.82. The third kappa shape index (κ3) is 4.71. The number of nitrogens with zero attached hydrogens (tertiary/aromatic N) is 3. The van der Waals surface area contributed by atoms with Gasteiger partial charge in [-0.05, 0) is 29.6 Å². The molecule has 0 radical (unpaired) electrons. The Balaban J connectivity index is 1.70. The lowest BCUT2D eigenvalue weighted by Gasteiger charge is -2.16. The molecule has 32 heavy (non-hydrogen) atoms. The number of amides is 1. The SMILES string of the molecule is O=C(Nc1nnc(Sc2ccnc3cc(C(F)(F)F)cc(C(F)(F)F)c23)s1)c1cccs1. The van der Waals surface area contributed by atoms with E-state index in [2.05, 4.69) is 20.5 Å². The number of hydrogen-bond donors (Lipinski definition) is 1. The summed E-state index contributed by atoms with van der Waals surface area (Å²) in [7, 11) is 0. The van der Waals surface area contributed by atoms with E-state index in [1.807, 2.05) is 0 Å². The summed E-state index contributed by atoms with van der Waals surface area (Å²) in [5.41, 5.74) is -3.34. The van der Waals surface area contributed by atoms with Gasteiger partial charge in [-0.3, -0.25) is 15.1 Å². The summed E-state index contributed by atoms with van der Waals surface area (Å²) in [6.45, 7) is 0. The van der Waals surface area contributed by atoms with Gasteiger partial charge < -0.3 is 0 Å². The van der Waals surface area contributed by atoms with Gasteiger partial charge in [0.1, 0.15) is 0 Å². The standard InChI is InChI=1S/C18H8F6N4OS3/c19-17(20,21)8-6-9(18(22,23)24)13-10(7-8)25-4-3-11(13)31-16-28-27-15(32-16)26-14(29)12-2-1-5-30-12/h1-7H,(H,26,27,29). The molecule has 14 heteroatoms. The lowest BCUT2D eigenvalue weighted by atomic mass is 10.0. The topological polar surface area (TPSA) is 67.8 Å². The molecule has 0 spiro atoms. The highest BCUT2D eigenvalue weighted by atomic mass is 32.2. The van der Waals surface area contributed by atoms with E-state index in [1.54, 1.807) is 17.5 Å². The van der Waals surface area contributed by atoms with Gasteiger partial charge in [-0.25, -0.2) is 0 Å². The molecule has 4 rings (SSSR count). The summed E-state index contributed by atoms with van der Waals surface area (Å²) in [6, 6.07) is 5.19. The van der Waals surface area contributed by atoms with Crippen LogP contribution in [0.4, 0.5) is 31.5 Å². The van der Waals surface area contributed by atoms with Crippen molar-refractivity contribution in [3.8, 4) is 0 Å². The zero-order valence-corrected chi connectivity index (χ0v) is 17.7. The lowest BCUT2D eigenvalue weighted by molar-refractivity contribution is -0.142. The second-order valence-corrected chi connectivity index (χ2v) is 9.34. The van der Waals surface area contributed by atoms with Crippen molar-refractivity contribution in [3.05, 3.63) is 57.9 Å². The summed E-state index contributed by atoms with van der Waals surface area (Å²) in [4.78, 5) is 16.2. The third-order valence-electron chi connectivity index (χ3n) is 4.01. The van der Waals surface area contributed by atoms with Crippen LogP contribution in [0.25, 0.3) is 10.9 Å². The molecular weight excluding hydrogens is 498 g/mol. The number of pyridine rings is 1. The number of nitrogens with one attached hydrogen (secondary N) is 1. The summed E-state index contributed by atoms with van der Waals surface area (Å²) in [6.07, 6.45) is -8.89. The first-order chi connectivity index (χ1) is 15.0. The fourth-order valence-corrected chi connectivity index (χ4v) is 5.17. The smallest absolute Gasteiger partial charge is 0.296 e. The largest absolute Gasteiger partial charge is 0.417 e. The number of carbonyl (C=O) groups excluding carboxylic acids is 1. The second-order valence-electron chi connectivity index (χ2n) is 6.13. The number of rotatable bonds is 4. The van der Waals surface area contributed by atoms with E-state index in [1.165, 1.54) is 17.4 Å².